The standard InChI is InChI=1S/C25H35N3O7/c1-6-34-23(29)16-10-12-28(13-11-16)15-19-21(24(30)35-7-2)22(26-25(31)27(19)3)18-9-8-17(32-4)14-20(18)33-5/h8-9,14,16,22H,6-7,10-13,15H2,1-5H3,(H,26,31)/t22-/m1/s1. The molecule has 192 valence electrons. The van der Waals surface area contributed by atoms with E-state index in [0.29, 0.717) is 67.4 Å². The zero-order valence-electron chi connectivity index (χ0n) is 21.1. The Morgan fingerprint density at radius 3 is 2.34 bits per heavy atom. The molecule has 2 aliphatic rings. The van der Waals surface area contributed by atoms with Gasteiger partial charge in [-0.2, -0.15) is 0 Å². The number of esters is 2. The number of carbonyl (C=O) groups excluding carboxylic acids is 3. The molecular formula is C25H35N3O7. The molecule has 0 aliphatic carbocycles. The Bertz CT molecular complexity index is 970. The molecule has 10 nitrogen and oxygen atoms in total. The lowest BCUT2D eigenvalue weighted by molar-refractivity contribution is -0.149. The Balaban J connectivity index is 1.96. The fraction of sp³-hybridized carbons (Fsp3) is 0.560. The molecule has 0 spiro atoms. The first-order valence-electron chi connectivity index (χ1n) is 11.9. The highest BCUT2D eigenvalue weighted by atomic mass is 16.5. The first-order chi connectivity index (χ1) is 16.8. The van der Waals surface area contributed by atoms with Gasteiger partial charge in [0.15, 0.2) is 0 Å². The molecule has 10 heteroatoms. The van der Waals surface area contributed by atoms with Gasteiger partial charge in [0, 0.05) is 30.9 Å². The smallest absolute Gasteiger partial charge is 0.338 e. The number of likely N-dealkylation sites (tertiary alicyclic amines) is 1. The molecule has 2 heterocycles. The minimum Gasteiger partial charge on any atom is -0.497 e. The molecule has 0 saturated carbocycles. The quantitative estimate of drug-likeness (QED) is 0.528. The van der Waals surface area contributed by atoms with E-state index in [1.807, 2.05) is 0 Å². The molecule has 2 aliphatic heterocycles. The van der Waals surface area contributed by atoms with Crippen LogP contribution in [0.5, 0.6) is 11.5 Å². The van der Waals surface area contributed by atoms with E-state index in [1.165, 1.54) is 12.0 Å². The summed E-state index contributed by atoms with van der Waals surface area (Å²) in [6, 6.07) is 4.14. The molecule has 2 amide bonds. The number of rotatable bonds is 9. The van der Waals surface area contributed by atoms with Crippen LogP contribution in [-0.2, 0) is 19.1 Å². The van der Waals surface area contributed by atoms with Gasteiger partial charge in [-0.25, -0.2) is 9.59 Å². The highest BCUT2D eigenvalue weighted by Crippen LogP contribution is 2.38. The number of hydrogen-bond acceptors (Lipinski definition) is 8. The maximum atomic E-state index is 13.2. The fourth-order valence-electron chi connectivity index (χ4n) is 4.49. The largest absolute Gasteiger partial charge is 0.497 e. The summed E-state index contributed by atoms with van der Waals surface area (Å²) in [5.74, 6) is 0.276. The molecule has 1 fully saturated rings. The molecule has 1 aromatic carbocycles. The highest BCUT2D eigenvalue weighted by molar-refractivity contribution is 5.95. The number of carbonyl (C=O) groups is 3. The molecular weight excluding hydrogens is 454 g/mol. The number of hydrogen-bond donors (Lipinski definition) is 1. The summed E-state index contributed by atoms with van der Waals surface area (Å²) in [6.45, 7) is 5.77. The Morgan fingerprint density at radius 1 is 1.06 bits per heavy atom. The average Bonchev–Trinajstić information content (AvgIpc) is 2.86. The maximum absolute atomic E-state index is 13.2. The summed E-state index contributed by atoms with van der Waals surface area (Å²) in [5, 5.41) is 2.92. The number of piperidine rings is 1. The van der Waals surface area contributed by atoms with Crippen molar-refractivity contribution in [1.29, 1.82) is 0 Å². The Hall–Kier alpha value is -3.27. The molecule has 1 atom stereocenters. The molecule has 1 aromatic rings. The van der Waals surface area contributed by atoms with Crippen LogP contribution in [0.15, 0.2) is 29.5 Å². The zero-order valence-corrected chi connectivity index (χ0v) is 21.1. The van der Waals surface area contributed by atoms with E-state index < -0.39 is 12.0 Å². The van der Waals surface area contributed by atoms with Crippen molar-refractivity contribution < 1.29 is 33.3 Å². The topological polar surface area (TPSA) is 107 Å². The summed E-state index contributed by atoms with van der Waals surface area (Å²) in [5.41, 5.74) is 1.53. The second kappa shape index (κ2) is 11.9. The number of nitrogens with zero attached hydrogens (tertiary/aromatic N) is 2. The van der Waals surface area contributed by atoms with Gasteiger partial charge in [0.25, 0.3) is 0 Å². The van der Waals surface area contributed by atoms with Crippen LogP contribution in [0, 0.1) is 5.92 Å². The lowest BCUT2D eigenvalue weighted by Crippen LogP contribution is -2.50. The number of benzene rings is 1. The van der Waals surface area contributed by atoms with Crippen molar-refractivity contribution in [3.63, 3.8) is 0 Å². The lowest BCUT2D eigenvalue weighted by Gasteiger charge is -2.38. The molecule has 0 radical (unpaired) electrons. The van der Waals surface area contributed by atoms with E-state index in [1.54, 1.807) is 46.2 Å². The van der Waals surface area contributed by atoms with Crippen LogP contribution in [0.3, 0.4) is 0 Å². The van der Waals surface area contributed by atoms with Crippen molar-refractivity contribution in [2.24, 2.45) is 5.92 Å². The average molecular weight is 490 g/mol. The SMILES string of the molecule is CCOC(=O)C1=C(CN2CCC(C(=O)OCC)CC2)N(C)C(=O)N[C@@H]1c1ccc(OC)cc1OC. The van der Waals surface area contributed by atoms with Crippen molar-refractivity contribution in [1.82, 2.24) is 15.1 Å². The van der Waals surface area contributed by atoms with Crippen molar-refractivity contribution in [2.75, 3.05) is 54.1 Å². The van der Waals surface area contributed by atoms with Gasteiger partial charge in [0.1, 0.15) is 11.5 Å². The third kappa shape index (κ3) is 5.87. The number of amides is 2. The van der Waals surface area contributed by atoms with Gasteiger partial charge in [0.05, 0.1) is 45.0 Å². The predicted molar refractivity (Wildman–Crippen MR) is 128 cm³/mol. The van der Waals surface area contributed by atoms with Crippen LogP contribution < -0.4 is 14.8 Å². The maximum Gasteiger partial charge on any atom is 0.338 e. The monoisotopic (exact) mass is 489 g/mol. The Kier molecular flexibility index (Phi) is 8.97. The summed E-state index contributed by atoms with van der Waals surface area (Å²) in [4.78, 5) is 41.9. The van der Waals surface area contributed by atoms with Gasteiger partial charge in [-0.15, -0.1) is 0 Å². The number of methoxy groups -OCH3 is 2. The van der Waals surface area contributed by atoms with Crippen LogP contribution in [0.2, 0.25) is 0 Å². The minimum atomic E-state index is -0.759. The molecule has 3 rings (SSSR count). The molecule has 1 N–H and O–H groups in total. The number of likely N-dealkylation sites (N-methyl/N-ethyl adjacent to an activating group) is 1. The van der Waals surface area contributed by atoms with E-state index in [9.17, 15) is 14.4 Å². The zero-order chi connectivity index (χ0) is 25.5. The van der Waals surface area contributed by atoms with Crippen molar-refractivity contribution in [3.05, 3.63) is 35.0 Å². The van der Waals surface area contributed by atoms with Crippen LogP contribution in [0.4, 0.5) is 4.79 Å². The van der Waals surface area contributed by atoms with Gasteiger partial charge in [0.2, 0.25) is 0 Å². The van der Waals surface area contributed by atoms with Gasteiger partial charge in [-0.1, -0.05) is 0 Å². The molecule has 0 bridgehead atoms. The highest BCUT2D eigenvalue weighted by Gasteiger charge is 2.39. The van der Waals surface area contributed by atoms with Crippen LogP contribution in [0.25, 0.3) is 0 Å². The van der Waals surface area contributed by atoms with Crippen molar-refractivity contribution in [2.45, 2.75) is 32.7 Å². The van der Waals surface area contributed by atoms with Crippen molar-refractivity contribution in [3.8, 4) is 11.5 Å². The molecule has 0 aromatic heterocycles. The van der Waals surface area contributed by atoms with E-state index in [0.717, 1.165) is 0 Å². The summed E-state index contributed by atoms with van der Waals surface area (Å²) in [6.07, 6.45) is 1.32. The van der Waals surface area contributed by atoms with Gasteiger partial charge in [-0.05, 0) is 51.9 Å². The Morgan fingerprint density at radius 2 is 1.74 bits per heavy atom. The number of nitrogens with one attached hydrogen (secondary N) is 1. The van der Waals surface area contributed by atoms with E-state index >= 15 is 0 Å². The molecule has 0 unspecified atom stereocenters. The van der Waals surface area contributed by atoms with E-state index in [2.05, 4.69) is 10.2 Å². The third-order valence-corrected chi connectivity index (χ3v) is 6.40. The molecule has 1 saturated heterocycles. The van der Waals surface area contributed by atoms with E-state index in [4.69, 9.17) is 18.9 Å². The lowest BCUT2D eigenvalue weighted by atomic mass is 9.92. The normalized spacial score (nSPS) is 19.3. The van der Waals surface area contributed by atoms with Crippen LogP contribution >= 0.6 is 0 Å². The summed E-state index contributed by atoms with van der Waals surface area (Å²) >= 11 is 0. The first-order valence-corrected chi connectivity index (χ1v) is 11.9. The van der Waals surface area contributed by atoms with Crippen LogP contribution in [-0.4, -0.2) is 81.9 Å². The van der Waals surface area contributed by atoms with E-state index in [-0.39, 0.29) is 24.5 Å². The summed E-state index contributed by atoms with van der Waals surface area (Å²) in [7, 11) is 4.72. The number of urea groups is 1. The minimum absolute atomic E-state index is 0.131. The molecule has 35 heavy (non-hydrogen) atoms. The third-order valence-electron chi connectivity index (χ3n) is 6.40. The first kappa shape index (κ1) is 26.3. The van der Waals surface area contributed by atoms with Crippen molar-refractivity contribution >= 4 is 18.0 Å². The second-order valence-corrected chi connectivity index (χ2v) is 8.43. The van der Waals surface area contributed by atoms with Crippen LogP contribution in [0.1, 0.15) is 38.3 Å². The predicted octanol–water partition coefficient (Wildman–Crippen LogP) is 2.49. The van der Waals surface area contributed by atoms with Gasteiger partial charge < -0.3 is 24.3 Å². The van der Waals surface area contributed by atoms with Gasteiger partial charge in [-0.3, -0.25) is 14.6 Å². The second-order valence-electron chi connectivity index (χ2n) is 8.43. The summed E-state index contributed by atoms with van der Waals surface area (Å²) < 4.78 is 21.4. The Labute approximate surface area is 206 Å². The van der Waals surface area contributed by atoms with Gasteiger partial charge >= 0.3 is 18.0 Å². The fourth-order valence-corrected chi connectivity index (χ4v) is 4.49. The number of ether oxygens (including phenoxy) is 4.